The number of methoxy groups -OCH3 is 1. The molecule has 166 valence electrons. The second-order valence-electron chi connectivity index (χ2n) is 7.29. The third-order valence-electron chi connectivity index (χ3n) is 4.95. The van der Waals surface area contributed by atoms with Crippen LogP contribution >= 0.6 is 0 Å². The van der Waals surface area contributed by atoms with Gasteiger partial charge >= 0.3 is 0 Å². The molecule has 1 heterocycles. The second kappa shape index (κ2) is 9.27. The number of para-hydroxylation sites is 4. The number of anilines is 3. The van der Waals surface area contributed by atoms with Crippen LogP contribution in [0.5, 0.6) is 11.5 Å². The number of nitrogens with one attached hydrogen (secondary N) is 2. The topological polar surface area (TPSA) is 105 Å². The third-order valence-corrected chi connectivity index (χ3v) is 4.95. The van der Waals surface area contributed by atoms with E-state index < -0.39 is 17.2 Å². The summed E-state index contributed by atoms with van der Waals surface area (Å²) in [6.07, 6.45) is 0. The van der Waals surface area contributed by atoms with Crippen molar-refractivity contribution in [2.24, 2.45) is 0 Å². The maximum absolute atomic E-state index is 13.0. The Kier molecular flexibility index (Phi) is 6.08. The van der Waals surface area contributed by atoms with Crippen LogP contribution in [0.2, 0.25) is 0 Å². The van der Waals surface area contributed by atoms with E-state index in [9.17, 15) is 14.7 Å². The SMILES string of the molecule is COc1ccccc1-n1nc(C(=O)Nc2ccccc2Nc2ccc(C)cc2)c(O)cc1=O. The van der Waals surface area contributed by atoms with E-state index in [1.807, 2.05) is 43.3 Å². The average Bonchev–Trinajstić information content (AvgIpc) is 2.82. The van der Waals surface area contributed by atoms with Crippen molar-refractivity contribution in [3.8, 4) is 17.2 Å². The molecule has 0 saturated carbocycles. The van der Waals surface area contributed by atoms with Crippen LogP contribution in [0.1, 0.15) is 16.1 Å². The van der Waals surface area contributed by atoms with Crippen LogP contribution in [0.25, 0.3) is 5.69 Å². The molecule has 0 saturated heterocycles. The molecule has 0 bridgehead atoms. The maximum Gasteiger partial charge on any atom is 0.280 e. The molecule has 0 aliphatic heterocycles. The minimum Gasteiger partial charge on any atom is -0.505 e. The molecule has 0 unspecified atom stereocenters. The van der Waals surface area contributed by atoms with Gasteiger partial charge in [0.15, 0.2) is 11.4 Å². The summed E-state index contributed by atoms with van der Waals surface area (Å²) in [6, 6.07) is 22.7. The molecule has 3 N–H and O–H groups in total. The molecule has 4 aromatic rings. The highest BCUT2D eigenvalue weighted by molar-refractivity contribution is 6.06. The summed E-state index contributed by atoms with van der Waals surface area (Å²) in [7, 11) is 1.47. The molecule has 0 fully saturated rings. The molecule has 0 radical (unpaired) electrons. The molecule has 8 heteroatoms. The Labute approximate surface area is 190 Å². The molecule has 1 aromatic heterocycles. The third kappa shape index (κ3) is 4.69. The normalized spacial score (nSPS) is 10.5. The van der Waals surface area contributed by atoms with Crippen molar-refractivity contribution in [3.05, 3.63) is 100 Å². The smallest absolute Gasteiger partial charge is 0.280 e. The van der Waals surface area contributed by atoms with Crippen LogP contribution in [0.15, 0.2) is 83.7 Å². The number of hydrogen-bond acceptors (Lipinski definition) is 6. The van der Waals surface area contributed by atoms with E-state index in [-0.39, 0.29) is 5.69 Å². The standard InChI is InChI=1S/C25H22N4O4/c1-16-11-13-17(14-12-16)26-18-7-3-4-8-19(18)27-25(32)24-21(30)15-23(31)29(28-24)20-9-5-6-10-22(20)33-2/h3-15,26,30H,1-2H3,(H,27,32). The molecule has 33 heavy (non-hydrogen) atoms. The van der Waals surface area contributed by atoms with E-state index in [0.29, 0.717) is 22.8 Å². The largest absolute Gasteiger partial charge is 0.505 e. The molecular formula is C25H22N4O4. The van der Waals surface area contributed by atoms with E-state index in [1.165, 1.54) is 7.11 Å². The number of nitrogens with zero attached hydrogens (tertiary/aromatic N) is 2. The Morgan fingerprint density at radius 2 is 1.64 bits per heavy atom. The van der Waals surface area contributed by atoms with Gasteiger partial charge in [0, 0.05) is 11.8 Å². The maximum atomic E-state index is 13.0. The van der Waals surface area contributed by atoms with Crippen LogP contribution in [0.4, 0.5) is 17.1 Å². The first kappa shape index (κ1) is 21.6. The summed E-state index contributed by atoms with van der Waals surface area (Å²) in [6.45, 7) is 2.00. The van der Waals surface area contributed by atoms with Gasteiger partial charge in [-0.25, -0.2) is 0 Å². The van der Waals surface area contributed by atoms with Crippen molar-refractivity contribution in [3.63, 3.8) is 0 Å². The fourth-order valence-corrected chi connectivity index (χ4v) is 3.26. The Hall–Kier alpha value is -4.59. The molecule has 3 aromatic carbocycles. The lowest BCUT2D eigenvalue weighted by atomic mass is 10.2. The number of aromatic hydroxyl groups is 1. The predicted molar refractivity (Wildman–Crippen MR) is 127 cm³/mol. The lowest BCUT2D eigenvalue weighted by Crippen LogP contribution is -2.25. The highest BCUT2D eigenvalue weighted by Gasteiger charge is 2.19. The summed E-state index contributed by atoms with van der Waals surface area (Å²) >= 11 is 0. The number of benzene rings is 3. The number of rotatable bonds is 6. The van der Waals surface area contributed by atoms with E-state index in [1.54, 1.807) is 36.4 Å². The predicted octanol–water partition coefficient (Wildman–Crippen LogP) is 4.25. The molecular weight excluding hydrogens is 420 g/mol. The van der Waals surface area contributed by atoms with Crippen LogP contribution in [0, 0.1) is 6.92 Å². The highest BCUT2D eigenvalue weighted by atomic mass is 16.5. The molecule has 1 amide bonds. The summed E-state index contributed by atoms with van der Waals surface area (Å²) in [5.74, 6) is -0.793. The molecule has 8 nitrogen and oxygen atoms in total. The Morgan fingerprint density at radius 3 is 2.36 bits per heavy atom. The van der Waals surface area contributed by atoms with Crippen molar-refractivity contribution < 1.29 is 14.6 Å². The van der Waals surface area contributed by atoms with Crippen molar-refractivity contribution in [2.75, 3.05) is 17.7 Å². The van der Waals surface area contributed by atoms with Crippen LogP contribution < -0.4 is 20.9 Å². The first-order valence-electron chi connectivity index (χ1n) is 10.2. The first-order chi connectivity index (χ1) is 16.0. The van der Waals surface area contributed by atoms with E-state index in [4.69, 9.17) is 4.74 Å². The van der Waals surface area contributed by atoms with E-state index in [2.05, 4.69) is 15.7 Å². The summed E-state index contributed by atoms with van der Waals surface area (Å²) < 4.78 is 6.31. The minimum absolute atomic E-state index is 0.300. The molecule has 0 atom stereocenters. The average molecular weight is 442 g/mol. The van der Waals surface area contributed by atoms with Gasteiger partial charge in [0.25, 0.3) is 11.5 Å². The fourth-order valence-electron chi connectivity index (χ4n) is 3.26. The number of aromatic nitrogens is 2. The fraction of sp³-hybridized carbons (Fsp3) is 0.0800. The van der Waals surface area contributed by atoms with Gasteiger partial charge in [-0.3, -0.25) is 9.59 Å². The second-order valence-corrected chi connectivity index (χ2v) is 7.29. The van der Waals surface area contributed by atoms with E-state index in [0.717, 1.165) is 22.0 Å². The monoisotopic (exact) mass is 442 g/mol. The number of ether oxygens (including phenoxy) is 1. The lowest BCUT2D eigenvalue weighted by molar-refractivity contribution is 0.101. The number of amides is 1. The number of carbonyl (C=O) groups is 1. The Balaban J connectivity index is 1.66. The van der Waals surface area contributed by atoms with Gasteiger partial charge in [0.05, 0.1) is 18.5 Å². The number of hydrogen-bond donors (Lipinski definition) is 3. The first-order valence-corrected chi connectivity index (χ1v) is 10.2. The van der Waals surface area contributed by atoms with Crippen molar-refractivity contribution in [1.29, 1.82) is 0 Å². The summed E-state index contributed by atoms with van der Waals surface area (Å²) in [4.78, 5) is 25.5. The van der Waals surface area contributed by atoms with Crippen LogP contribution in [0.3, 0.4) is 0 Å². The van der Waals surface area contributed by atoms with Gasteiger partial charge in [-0.15, -0.1) is 0 Å². The summed E-state index contributed by atoms with van der Waals surface area (Å²) in [5, 5.41) is 20.4. The lowest BCUT2D eigenvalue weighted by Gasteiger charge is -2.14. The van der Waals surface area contributed by atoms with Gasteiger partial charge in [-0.2, -0.15) is 9.78 Å². The zero-order chi connectivity index (χ0) is 23.4. The number of aryl methyl sites for hydroxylation is 1. The van der Waals surface area contributed by atoms with Crippen molar-refractivity contribution in [2.45, 2.75) is 6.92 Å². The number of carbonyl (C=O) groups excluding carboxylic acids is 1. The Morgan fingerprint density at radius 1 is 0.970 bits per heavy atom. The van der Waals surface area contributed by atoms with Crippen molar-refractivity contribution in [1.82, 2.24) is 9.78 Å². The van der Waals surface area contributed by atoms with E-state index >= 15 is 0 Å². The summed E-state index contributed by atoms with van der Waals surface area (Å²) in [5.41, 5.74) is 2.58. The quantitative estimate of drug-likeness (QED) is 0.412. The molecule has 4 rings (SSSR count). The molecule has 0 aliphatic carbocycles. The Bertz CT molecular complexity index is 1360. The van der Waals surface area contributed by atoms with Gasteiger partial charge in [0.2, 0.25) is 0 Å². The minimum atomic E-state index is -0.672. The van der Waals surface area contributed by atoms with Gasteiger partial charge in [-0.1, -0.05) is 42.0 Å². The van der Waals surface area contributed by atoms with Gasteiger partial charge in [-0.05, 0) is 43.3 Å². The van der Waals surface area contributed by atoms with Crippen LogP contribution in [-0.2, 0) is 0 Å². The molecule has 0 spiro atoms. The van der Waals surface area contributed by atoms with Crippen LogP contribution in [-0.4, -0.2) is 27.9 Å². The van der Waals surface area contributed by atoms with Crippen molar-refractivity contribution >= 4 is 23.0 Å². The zero-order valence-electron chi connectivity index (χ0n) is 18.1. The zero-order valence-corrected chi connectivity index (χ0v) is 18.1. The molecule has 0 aliphatic rings. The van der Waals surface area contributed by atoms with Gasteiger partial charge < -0.3 is 20.5 Å². The van der Waals surface area contributed by atoms with Gasteiger partial charge in [0.1, 0.15) is 11.4 Å². The highest BCUT2D eigenvalue weighted by Crippen LogP contribution is 2.27.